The lowest BCUT2D eigenvalue weighted by Gasteiger charge is -2.35. The molecule has 0 atom stereocenters. The highest BCUT2D eigenvalue weighted by molar-refractivity contribution is 6.37. The van der Waals surface area contributed by atoms with Gasteiger partial charge in [-0.2, -0.15) is 0 Å². The second kappa shape index (κ2) is 7.32. The van der Waals surface area contributed by atoms with Crippen LogP contribution in [0.4, 0.5) is 0 Å². The van der Waals surface area contributed by atoms with E-state index in [1.165, 1.54) is 0 Å². The number of hydrogen-bond acceptors (Lipinski definition) is 2. The minimum atomic E-state index is -1.33. The van der Waals surface area contributed by atoms with Gasteiger partial charge in [0.15, 0.2) is 4.87 Å². The molecule has 0 aromatic heterocycles. The molecule has 24 heavy (non-hydrogen) atoms. The molecule has 0 bridgehead atoms. The lowest BCUT2D eigenvalue weighted by atomic mass is 9.88. The van der Waals surface area contributed by atoms with Crippen molar-refractivity contribution in [1.82, 2.24) is 4.90 Å². The van der Waals surface area contributed by atoms with Gasteiger partial charge in [-0.05, 0) is 35.4 Å². The number of morpholine rings is 1. The molecule has 1 amide bonds. The number of carbonyl (C=O) groups excluding carboxylic acids is 1. The molecule has 3 nitrogen and oxygen atoms in total. The fourth-order valence-electron chi connectivity index (χ4n) is 2.76. The van der Waals surface area contributed by atoms with Crippen LogP contribution in [-0.4, -0.2) is 37.1 Å². The minimum absolute atomic E-state index is 0.169. The number of amides is 1. The van der Waals surface area contributed by atoms with Crippen LogP contribution in [0.15, 0.2) is 48.5 Å². The first-order valence-electron chi connectivity index (χ1n) is 7.60. The minimum Gasteiger partial charge on any atom is -0.378 e. The normalized spacial score (nSPS) is 15.4. The molecule has 2 aromatic rings. The molecule has 3 rings (SSSR count). The van der Waals surface area contributed by atoms with E-state index in [-0.39, 0.29) is 5.91 Å². The second-order valence-corrected chi connectivity index (χ2v) is 7.02. The van der Waals surface area contributed by atoms with Crippen molar-refractivity contribution in [3.63, 3.8) is 0 Å². The van der Waals surface area contributed by atoms with Crippen LogP contribution in [-0.2, 0) is 14.4 Å². The average molecular weight is 385 g/mol. The van der Waals surface area contributed by atoms with Crippen LogP contribution in [0.5, 0.6) is 0 Å². The summed E-state index contributed by atoms with van der Waals surface area (Å²) in [6.45, 7) is 2.07. The summed E-state index contributed by atoms with van der Waals surface area (Å²) in [4.78, 5) is 13.7. The highest BCUT2D eigenvalue weighted by Crippen LogP contribution is 2.39. The van der Waals surface area contributed by atoms with E-state index in [4.69, 9.17) is 39.5 Å². The summed E-state index contributed by atoms with van der Waals surface area (Å²) >= 11 is 18.9. The van der Waals surface area contributed by atoms with Crippen molar-refractivity contribution in [1.29, 1.82) is 0 Å². The monoisotopic (exact) mass is 383 g/mol. The Bertz CT molecular complexity index is 665. The zero-order valence-corrected chi connectivity index (χ0v) is 15.1. The van der Waals surface area contributed by atoms with E-state index in [0.29, 0.717) is 47.5 Å². The summed E-state index contributed by atoms with van der Waals surface area (Å²) < 4.78 is 5.33. The van der Waals surface area contributed by atoms with Crippen molar-refractivity contribution in [2.75, 3.05) is 26.3 Å². The van der Waals surface area contributed by atoms with E-state index in [0.717, 1.165) is 0 Å². The largest absolute Gasteiger partial charge is 0.378 e. The Morgan fingerprint density at radius 1 is 0.875 bits per heavy atom. The van der Waals surface area contributed by atoms with Gasteiger partial charge in [-0.3, -0.25) is 4.79 Å². The number of benzene rings is 2. The number of ether oxygens (including phenoxy) is 1. The fourth-order valence-corrected chi connectivity index (χ4v) is 3.38. The summed E-state index contributed by atoms with van der Waals surface area (Å²) in [6.07, 6.45) is 0. The van der Waals surface area contributed by atoms with Gasteiger partial charge in [0.05, 0.1) is 13.2 Å². The maximum Gasteiger partial charge on any atom is 0.253 e. The maximum atomic E-state index is 13.3. The molecule has 0 N–H and O–H groups in total. The lowest BCUT2D eigenvalue weighted by molar-refractivity contribution is -0.137. The SMILES string of the molecule is O=C(N1CCOCC1)C(Cl)(c1ccc(Cl)cc1)c1ccc(Cl)cc1. The van der Waals surface area contributed by atoms with Crippen molar-refractivity contribution >= 4 is 40.7 Å². The summed E-state index contributed by atoms with van der Waals surface area (Å²) in [6, 6.07) is 14.1. The zero-order valence-electron chi connectivity index (χ0n) is 12.8. The molecule has 0 aliphatic carbocycles. The smallest absolute Gasteiger partial charge is 0.253 e. The molecule has 126 valence electrons. The second-order valence-electron chi connectivity index (χ2n) is 5.58. The third-order valence-corrected chi connectivity index (χ3v) is 5.18. The molecule has 1 fully saturated rings. The van der Waals surface area contributed by atoms with Crippen LogP contribution >= 0.6 is 34.8 Å². The van der Waals surface area contributed by atoms with Crippen molar-refractivity contribution < 1.29 is 9.53 Å². The molecule has 1 saturated heterocycles. The molecule has 1 aliphatic heterocycles. The number of halogens is 3. The van der Waals surface area contributed by atoms with Gasteiger partial charge < -0.3 is 9.64 Å². The van der Waals surface area contributed by atoms with Crippen LogP contribution in [0, 0.1) is 0 Å². The van der Waals surface area contributed by atoms with Crippen molar-refractivity contribution in [3.8, 4) is 0 Å². The first kappa shape index (κ1) is 17.6. The predicted octanol–water partition coefficient (Wildman–Crippen LogP) is 4.33. The summed E-state index contributed by atoms with van der Waals surface area (Å²) in [5.41, 5.74) is 1.35. The van der Waals surface area contributed by atoms with Crippen LogP contribution in [0.25, 0.3) is 0 Å². The molecule has 0 saturated carbocycles. The highest BCUT2D eigenvalue weighted by atomic mass is 35.5. The van der Waals surface area contributed by atoms with Gasteiger partial charge in [-0.25, -0.2) is 0 Å². The Balaban J connectivity index is 2.07. The van der Waals surface area contributed by atoms with Gasteiger partial charge in [-0.1, -0.05) is 59.1 Å². The van der Waals surface area contributed by atoms with Gasteiger partial charge in [0.2, 0.25) is 0 Å². The third kappa shape index (κ3) is 3.40. The van der Waals surface area contributed by atoms with Gasteiger partial charge >= 0.3 is 0 Å². The molecule has 6 heteroatoms. The molecule has 0 radical (unpaired) electrons. The molecule has 0 spiro atoms. The average Bonchev–Trinajstić information content (AvgIpc) is 2.62. The van der Waals surface area contributed by atoms with E-state index < -0.39 is 4.87 Å². The quantitative estimate of drug-likeness (QED) is 0.737. The van der Waals surface area contributed by atoms with Crippen molar-refractivity contribution in [2.24, 2.45) is 0 Å². The highest BCUT2D eigenvalue weighted by Gasteiger charge is 2.43. The number of alkyl halides is 1. The lowest BCUT2D eigenvalue weighted by Crippen LogP contribution is -2.49. The molecular formula is C18H16Cl3NO2. The number of carbonyl (C=O) groups is 1. The fraction of sp³-hybridized carbons (Fsp3) is 0.278. The van der Waals surface area contributed by atoms with Gasteiger partial charge in [0.1, 0.15) is 0 Å². The number of hydrogen-bond donors (Lipinski definition) is 0. The topological polar surface area (TPSA) is 29.5 Å². The van der Waals surface area contributed by atoms with Crippen molar-refractivity contribution in [2.45, 2.75) is 4.87 Å². The zero-order chi connectivity index (χ0) is 17.2. The molecule has 1 heterocycles. The third-order valence-electron chi connectivity index (χ3n) is 4.08. The Morgan fingerprint density at radius 3 is 1.71 bits per heavy atom. The summed E-state index contributed by atoms with van der Waals surface area (Å²) in [7, 11) is 0. The molecule has 1 aliphatic rings. The Labute approximate surface area is 156 Å². The van der Waals surface area contributed by atoms with Crippen molar-refractivity contribution in [3.05, 3.63) is 69.7 Å². The number of rotatable bonds is 3. The molecular weight excluding hydrogens is 369 g/mol. The first-order chi connectivity index (χ1) is 11.5. The van der Waals surface area contributed by atoms with Gasteiger partial charge in [-0.15, -0.1) is 0 Å². The summed E-state index contributed by atoms with van der Waals surface area (Å²) in [5.74, 6) is -0.169. The predicted molar refractivity (Wildman–Crippen MR) is 96.9 cm³/mol. The van der Waals surface area contributed by atoms with E-state index in [1.54, 1.807) is 53.4 Å². The Hall–Kier alpha value is -1.26. The first-order valence-corrected chi connectivity index (χ1v) is 8.73. The van der Waals surface area contributed by atoms with E-state index >= 15 is 0 Å². The molecule has 2 aromatic carbocycles. The Morgan fingerprint density at radius 2 is 1.29 bits per heavy atom. The van der Waals surface area contributed by atoms with Gasteiger partial charge in [0, 0.05) is 23.1 Å². The van der Waals surface area contributed by atoms with Crippen LogP contribution in [0.3, 0.4) is 0 Å². The number of nitrogens with zero attached hydrogens (tertiary/aromatic N) is 1. The van der Waals surface area contributed by atoms with Crippen LogP contribution < -0.4 is 0 Å². The van der Waals surface area contributed by atoms with E-state index in [1.807, 2.05) is 0 Å². The standard InChI is InChI=1S/C18H16Cl3NO2/c19-15-5-1-13(2-6-15)18(21,14-3-7-16(20)8-4-14)17(23)22-9-11-24-12-10-22/h1-8H,9-12H2. The van der Waals surface area contributed by atoms with Gasteiger partial charge in [0.25, 0.3) is 5.91 Å². The summed E-state index contributed by atoms with van der Waals surface area (Å²) in [5, 5.41) is 1.18. The Kier molecular flexibility index (Phi) is 5.36. The van der Waals surface area contributed by atoms with Crippen LogP contribution in [0.1, 0.15) is 11.1 Å². The van der Waals surface area contributed by atoms with Crippen LogP contribution in [0.2, 0.25) is 10.0 Å². The maximum absolute atomic E-state index is 13.3. The molecule has 0 unspecified atom stereocenters. The van der Waals surface area contributed by atoms with E-state index in [2.05, 4.69) is 0 Å². The van der Waals surface area contributed by atoms with E-state index in [9.17, 15) is 4.79 Å².